The zero-order valence-corrected chi connectivity index (χ0v) is 17.1. The first-order chi connectivity index (χ1) is 14.3. The molecule has 0 aromatic rings. The molecule has 0 bridgehead atoms. The van der Waals surface area contributed by atoms with Crippen molar-refractivity contribution in [3.63, 3.8) is 0 Å². The zero-order valence-electron chi connectivity index (χ0n) is 17.1. The summed E-state index contributed by atoms with van der Waals surface area (Å²) in [5.41, 5.74) is 15.9. The van der Waals surface area contributed by atoms with Gasteiger partial charge in [0.1, 0.15) is 24.3 Å². The molecule has 0 aliphatic carbocycles. The van der Waals surface area contributed by atoms with Gasteiger partial charge in [0.15, 0.2) is 24.6 Å². The number of aldehydes is 1. The Hall–Kier alpha value is -2.65. The molecule has 14 heteroatoms. The van der Waals surface area contributed by atoms with Crippen LogP contribution in [0.5, 0.6) is 0 Å². The summed E-state index contributed by atoms with van der Waals surface area (Å²) in [5, 5.41) is 28.8. The largest absolute Gasteiger partial charge is 0.454 e. The van der Waals surface area contributed by atoms with E-state index in [2.05, 4.69) is 0 Å². The molecule has 0 saturated carbocycles. The van der Waals surface area contributed by atoms with Crippen molar-refractivity contribution in [2.75, 3.05) is 6.61 Å². The number of hydrogen-bond acceptors (Lipinski definition) is 13. The van der Waals surface area contributed by atoms with Crippen LogP contribution in [0.25, 0.3) is 0 Å². The van der Waals surface area contributed by atoms with Gasteiger partial charge >= 0.3 is 17.9 Å². The minimum Gasteiger partial charge on any atom is -0.454 e. The van der Waals surface area contributed by atoms with E-state index in [1.165, 1.54) is 6.92 Å². The molecule has 0 aliphatic rings. The van der Waals surface area contributed by atoms with Crippen LogP contribution in [-0.2, 0) is 38.2 Å². The van der Waals surface area contributed by atoms with Crippen LogP contribution < -0.4 is 17.2 Å². The number of aliphatic hydroxyl groups excluding tert-OH is 3. The minimum absolute atomic E-state index is 0.0121. The van der Waals surface area contributed by atoms with Crippen LogP contribution in [0.1, 0.15) is 26.7 Å². The van der Waals surface area contributed by atoms with Gasteiger partial charge in [-0.05, 0) is 20.3 Å². The molecule has 7 atom stereocenters. The summed E-state index contributed by atoms with van der Waals surface area (Å²) in [6.45, 7) is 1.22. The average Bonchev–Trinajstić information content (AvgIpc) is 2.71. The molecule has 31 heavy (non-hydrogen) atoms. The maximum Gasteiger partial charge on any atom is 0.335 e. The lowest BCUT2D eigenvalue weighted by Crippen LogP contribution is -2.54. The third kappa shape index (κ3) is 9.80. The van der Waals surface area contributed by atoms with Crippen LogP contribution in [0.15, 0.2) is 0 Å². The number of nitrogens with two attached hydrogens (primary N) is 3. The van der Waals surface area contributed by atoms with Crippen molar-refractivity contribution in [2.45, 2.75) is 69.3 Å². The molecule has 0 heterocycles. The molecule has 178 valence electrons. The zero-order chi connectivity index (χ0) is 24.3. The first-order valence-corrected chi connectivity index (χ1v) is 9.18. The van der Waals surface area contributed by atoms with Crippen molar-refractivity contribution in [1.82, 2.24) is 0 Å². The van der Waals surface area contributed by atoms with Gasteiger partial charge in [-0.15, -0.1) is 0 Å². The first kappa shape index (κ1) is 28.4. The van der Waals surface area contributed by atoms with Crippen LogP contribution in [0.3, 0.4) is 0 Å². The van der Waals surface area contributed by atoms with Crippen molar-refractivity contribution in [3.05, 3.63) is 0 Å². The van der Waals surface area contributed by atoms with E-state index >= 15 is 0 Å². The predicted octanol–water partition coefficient (Wildman–Crippen LogP) is -4.41. The highest BCUT2D eigenvalue weighted by atomic mass is 16.6. The van der Waals surface area contributed by atoms with Gasteiger partial charge in [0.05, 0.1) is 6.61 Å². The number of esters is 3. The fourth-order valence-electron chi connectivity index (χ4n) is 2.07. The van der Waals surface area contributed by atoms with Crippen molar-refractivity contribution in [1.29, 1.82) is 0 Å². The maximum absolute atomic E-state index is 12.3. The fourth-order valence-corrected chi connectivity index (χ4v) is 2.07. The molecule has 9 N–H and O–H groups in total. The lowest BCUT2D eigenvalue weighted by atomic mass is 10.0. The molecule has 0 fully saturated rings. The molecule has 0 saturated heterocycles. The summed E-state index contributed by atoms with van der Waals surface area (Å²) >= 11 is 0. The van der Waals surface area contributed by atoms with Crippen LogP contribution in [0.4, 0.5) is 0 Å². The summed E-state index contributed by atoms with van der Waals surface area (Å²) in [4.78, 5) is 58.3. The van der Waals surface area contributed by atoms with Crippen LogP contribution in [-0.4, -0.2) is 94.6 Å². The van der Waals surface area contributed by atoms with Crippen molar-refractivity contribution < 1.29 is 53.5 Å². The quantitative estimate of drug-likeness (QED) is 0.0829. The van der Waals surface area contributed by atoms with Gasteiger partial charge in [-0.2, -0.15) is 0 Å². The number of carbonyl (C=O) groups excluding carboxylic acids is 5. The molecule has 1 amide bonds. The Bertz CT molecular complexity index is 641. The minimum atomic E-state index is -1.99. The van der Waals surface area contributed by atoms with Gasteiger partial charge in [-0.1, -0.05) is 0 Å². The number of primary amides is 1. The topological polar surface area (TPSA) is 252 Å². The summed E-state index contributed by atoms with van der Waals surface area (Å²) < 4.78 is 14.7. The molecular weight excluding hydrogens is 422 g/mol. The van der Waals surface area contributed by atoms with E-state index in [1.807, 2.05) is 0 Å². The smallest absolute Gasteiger partial charge is 0.335 e. The summed E-state index contributed by atoms with van der Waals surface area (Å²) in [6.07, 6.45) is -10.0. The number of amides is 1. The highest BCUT2D eigenvalue weighted by molar-refractivity contribution is 5.79. The summed E-state index contributed by atoms with van der Waals surface area (Å²) in [7, 11) is 0. The predicted molar refractivity (Wildman–Crippen MR) is 101 cm³/mol. The standard InChI is InChI=1S/C17H29N3O11/c1-7(18)15(26)29-11(6-22)14(31-16(27)8(2)23)13(10(24)5-21)30-17(28)9(19)3-4-12(20)25/h6-11,13-14,21,23-24H,3-5,18-19H2,1-2H3,(H2,20,25)/t7-,8?,9-,10+,11-,13+,14+/m0/s1. The molecule has 0 aliphatic heterocycles. The normalized spacial score (nSPS) is 17.8. The Balaban J connectivity index is 5.90. The van der Waals surface area contributed by atoms with E-state index in [9.17, 15) is 39.3 Å². The molecule has 0 rings (SSSR count). The van der Waals surface area contributed by atoms with E-state index in [0.717, 1.165) is 6.92 Å². The summed E-state index contributed by atoms with van der Waals surface area (Å²) in [6, 6.07) is -2.60. The lowest BCUT2D eigenvalue weighted by Gasteiger charge is -2.33. The second-order valence-corrected chi connectivity index (χ2v) is 6.67. The Labute approximate surface area is 177 Å². The third-order valence-corrected chi connectivity index (χ3v) is 3.82. The third-order valence-electron chi connectivity index (χ3n) is 3.82. The molecule has 0 aromatic heterocycles. The Morgan fingerprint density at radius 2 is 1.48 bits per heavy atom. The number of hydrogen-bond donors (Lipinski definition) is 6. The number of rotatable bonds is 14. The van der Waals surface area contributed by atoms with Crippen LogP contribution >= 0.6 is 0 Å². The van der Waals surface area contributed by atoms with Gasteiger partial charge < -0.3 is 46.7 Å². The Morgan fingerprint density at radius 1 is 0.935 bits per heavy atom. The molecule has 0 aromatic carbocycles. The van der Waals surface area contributed by atoms with E-state index in [1.54, 1.807) is 0 Å². The molecule has 14 nitrogen and oxygen atoms in total. The second kappa shape index (κ2) is 13.6. The molecular formula is C17H29N3O11. The monoisotopic (exact) mass is 451 g/mol. The lowest BCUT2D eigenvalue weighted by molar-refractivity contribution is -0.200. The number of aliphatic hydroxyl groups is 3. The van der Waals surface area contributed by atoms with Gasteiger partial charge in [0, 0.05) is 6.42 Å². The number of ether oxygens (including phenoxy) is 3. The Morgan fingerprint density at radius 3 is 1.90 bits per heavy atom. The summed E-state index contributed by atoms with van der Waals surface area (Å²) in [5.74, 6) is -4.38. The van der Waals surface area contributed by atoms with E-state index in [0.29, 0.717) is 0 Å². The molecule has 1 unspecified atom stereocenters. The highest BCUT2D eigenvalue weighted by Gasteiger charge is 2.43. The highest BCUT2D eigenvalue weighted by Crippen LogP contribution is 2.18. The van der Waals surface area contributed by atoms with E-state index in [-0.39, 0.29) is 19.1 Å². The van der Waals surface area contributed by atoms with Crippen molar-refractivity contribution >= 4 is 30.1 Å². The Kier molecular flexibility index (Phi) is 12.4. The van der Waals surface area contributed by atoms with Gasteiger partial charge in [0.25, 0.3) is 0 Å². The maximum atomic E-state index is 12.3. The first-order valence-electron chi connectivity index (χ1n) is 9.18. The molecule has 0 spiro atoms. The second-order valence-electron chi connectivity index (χ2n) is 6.67. The molecule has 0 radical (unpaired) electrons. The van der Waals surface area contributed by atoms with E-state index in [4.69, 9.17) is 31.4 Å². The van der Waals surface area contributed by atoms with Crippen molar-refractivity contribution in [3.8, 4) is 0 Å². The van der Waals surface area contributed by atoms with Crippen LogP contribution in [0.2, 0.25) is 0 Å². The average molecular weight is 451 g/mol. The van der Waals surface area contributed by atoms with Crippen molar-refractivity contribution in [2.24, 2.45) is 17.2 Å². The SMILES string of the molecule is CC(O)C(=O)O[C@@H]([C@H](OC(=O)[C@@H](N)CCC(N)=O)[C@H](O)CO)[C@H](C=O)OC(=O)[C@H](C)N. The van der Waals surface area contributed by atoms with Crippen LogP contribution in [0, 0.1) is 0 Å². The van der Waals surface area contributed by atoms with Gasteiger partial charge in [-0.25, -0.2) is 4.79 Å². The fraction of sp³-hybridized carbons (Fsp3) is 0.706. The number of carbonyl (C=O) groups is 5. The van der Waals surface area contributed by atoms with Gasteiger partial charge in [-0.3, -0.25) is 19.2 Å². The van der Waals surface area contributed by atoms with E-state index < -0.39 is 73.0 Å². The van der Waals surface area contributed by atoms with Gasteiger partial charge in [0.2, 0.25) is 5.91 Å².